The third-order valence-electron chi connectivity index (χ3n) is 3.37. The normalized spacial score (nSPS) is 10.4. The quantitative estimate of drug-likeness (QED) is 0.560. The average Bonchev–Trinajstić information content (AvgIpc) is 2.67. The lowest BCUT2D eigenvalue weighted by molar-refractivity contribution is -0.120. The van der Waals surface area contributed by atoms with Crippen LogP contribution in [0.4, 0.5) is 0 Å². The molecule has 2 N–H and O–H groups in total. The molecule has 0 aliphatic carbocycles. The maximum atomic E-state index is 12.0. The minimum Gasteiger partial charge on any atom is -0.497 e. The maximum absolute atomic E-state index is 12.0. The number of rotatable bonds is 8. The van der Waals surface area contributed by atoms with Crippen molar-refractivity contribution in [2.45, 2.75) is 6.92 Å². The number of hydrogen-bond acceptors (Lipinski definition) is 5. The number of para-hydroxylation sites is 1. The molecule has 0 unspecified atom stereocenters. The third-order valence-corrected chi connectivity index (χ3v) is 3.37. The van der Waals surface area contributed by atoms with E-state index in [1.165, 1.54) is 6.21 Å². The van der Waals surface area contributed by atoms with Crippen LogP contribution >= 0.6 is 0 Å². The standard InChI is InChI=1S/C19H21N3O4/c1-3-26-17-7-5-4-6-15(17)12-21-22-18(23)13-20-19(24)14-8-10-16(25-2)11-9-14/h4-12H,3,13H2,1-2H3,(H,20,24)(H,22,23)/b21-12-. The monoisotopic (exact) mass is 355 g/mol. The van der Waals surface area contributed by atoms with Gasteiger partial charge in [-0.2, -0.15) is 5.10 Å². The predicted molar refractivity (Wildman–Crippen MR) is 98.7 cm³/mol. The van der Waals surface area contributed by atoms with Crippen molar-refractivity contribution in [1.82, 2.24) is 10.7 Å². The summed E-state index contributed by atoms with van der Waals surface area (Å²) >= 11 is 0. The molecule has 0 spiro atoms. The summed E-state index contributed by atoms with van der Waals surface area (Å²) in [5.41, 5.74) is 3.55. The highest BCUT2D eigenvalue weighted by molar-refractivity contribution is 5.96. The van der Waals surface area contributed by atoms with Crippen molar-refractivity contribution >= 4 is 18.0 Å². The van der Waals surface area contributed by atoms with Crippen LogP contribution in [-0.2, 0) is 4.79 Å². The van der Waals surface area contributed by atoms with Crippen molar-refractivity contribution in [3.05, 3.63) is 59.7 Å². The van der Waals surface area contributed by atoms with Gasteiger partial charge in [0.25, 0.3) is 11.8 Å². The molecule has 2 aromatic rings. The minimum atomic E-state index is -0.433. The molecule has 0 saturated heterocycles. The highest BCUT2D eigenvalue weighted by atomic mass is 16.5. The van der Waals surface area contributed by atoms with E-state index in [4.69, 9.17) is 9.47 Å². The van der Waals surface area contributed by atoms with E-state index in [0.717, 1.165) is 5.56 Å². The fraction of sp³-hybridized carbons (Fsp3) is 0.211. The number of nitrogens with zero attached hydrogens (tertiary/aromatic N) is 1. The van der Waals surface area contributed by atoms with E-state index in [9.17, 15) is 9.59 Å². The number of benzene rings is 2. The molecule has 0 aliphatic heterocycles. The highest BCUT2D eigenvalue weighted by Gasteiger charge is 2.07. The molecule has 7 heteroatoms. The Labute approximate surface area is 152 Å². The SMILES string of the molecule is CCOc1ccccc1/C=N\NC(=O)CNC(=O)c1ccc(OC)cc1. The van der Waals surface area contributed by atoms with E-state index < -0.39 is 5.91 Å². The molecule has 0 fully saturated rings. The van der Waals surface area contributed by atoms with Crippen LogP contribution in [0.3, 0.4) is 0 Å². The van der Waals surface area contributed by atoms with Gasteiger partial charge in [-0.3, -0.25) is 9.59 Å². The van der Waals surface area contributed by atoms with Gasteiger partial charge in [0.2, 0.25) is 0 Å². The van der Waals surface area contributed by atoms with Gasteiger partial charge >= 0.3 is 0 Å². The Bertz CT molecular complexity index is 773. The van der Waals surface area contributed by atoms with Crippen LogP contribution < -0.4 is 20.2 Å². The molecule has 2 amide bonds. The number of methoxy groups -OCH3 is 1. The van der Waals surface area contributed by atoms with Crippen molar-refractivity contribution in [1.29, 1.82) is 0 Å². The first-order valence-corrected chi connectivity index (χ1v) is 8.10. The molecule has 0 saturated carbocycles. The van der Waals surface area contributed by atoms with Crippen molar-refractivity contribution in [3.63, 3.8) is 0 Å². The minimum absolute atomic E-state index is 0.185. The molecule has 26 heavy (non-hydrogen) atoms. The summed E-state index contributed by atoms with van der Waals surface area (Å²) in [7, 11) is 1.55. The van der Waals surface area contributed by atoms with E-state index in [1.54, 1.807) is 31.4 Å². The lowest BCUT2D eigenvalue weighted by Crippen LogP contribution is -2.34. The van der Waals surface area contributed by atoms with Crippen LogP contribution in [0.2, 0.25) is 0 Å². The second-order valence-electron chi connectivity index (χ2n) is 5.18. The zero-order valence-corrected chi connectivity index (χ0v) is 14.7. The van der Waals surface area contributed by atoms with Gasteiger partial charge in [-0.15, -0.1) is 0 Å². The molecular formula is C19H21N3O4. The van der Waals surface area contributed by atoms with Gasteiger partial charge in [0.05, 0.1) is 26.5 Å². The lowest BCUT2D eigenvalue weighted by Gasteiger charge is -2.06. The lowest BCUT2D eigenvalue weighted by atomic mass is 10.2. The van der Waals surface area contributed by atoms with E-state index >= 15 is 0 Å². The molecule has 2 rings (SSSR count). The summed E-state index contributed by atoms with van der Waals surface area (Å²) < 4.78 is 10.5. The summed E-state index contributed by atoms with van der Waals surface area (Å²) in [6.45, 7) is 2.24. The first-order chi connectivity index (χ1) is 12.6. The average molecular weight is 355 g/mol. The topological polar surface area (TPSA) is 89.0 Å². The van der Waals surface area contributed by atoms with Crippen LogP contribution in [0.15, 0.2) is 53.6 Å². The summed E-state index contributed by atoms with van der Waals surface area (Å²) in [5.74, 6) is 0.548. The second kappa shape index (κ2) is 9.83. The summed E-state index contributed by atoms with van der Waals surface area (Å²) in [4.78, 5) is 23.8. The molecule has 0 atom stereocenters. The van der Waals surface area contributed by atoms with Gasteiger partial charge in [0, 0.05) is 11.1 Å². The van der Waals surface area contributed by atoms with Crippen molar-refractivity contribution < 1.29 is 19.1 Å². The zero-order valence-electron chi connectivity index (χ0n) is 14.7. The molecule has 136 valence electrons. The molecule has 0 aliphatic rings. The van der Waals surface area contributed by atoms with Crippen LogP contribution in [0.1, 0.15) is 22.8 Å². The van der Waals surface area contributed by atoms with Crippen LogP contribution in [0, 0.1) is 0 Å². The molecule has 0 aromatic heterocycles. The van der Waals surface area contributed by atoms with Crippen molar-refractivity contribution in [2.75, 3.05) is 20.3 Å². The van der Waals surface area contributed by atoms with Gasteiger partial charge in [0.1, 0.15) is 11.5 Å². The van der Waals surface area contributed by atoms with Gasteiger partial charge in [-0.1, -0.05) is 12.1 Å². The fourth-order valence-electron chi connectivity index (χ4n) is 2.09. The van der Waals surface area contributed by atoms with Crippen LogP contribution in [-0.4, -0.2) is 38.3 Å². The first kappa shape index (κ1) is 19.0. The number of ether oxygens (including phenoxy) is 2. The van der Waals surface area contributed by atoms with E-state index in [2.05, 4.69) is 15.8 Å². The van der Waals surface area contributed by atoms with Gasteiger partial charge in [0.15, 0.2) is 0 Å². The summed E-state index contributed by atoms with van der Waals surface area (Å²) in [6.07, 6.45) is 1.49. The second-order valence-corrected chi connectivity index (χ2v) is 5.18. The predicted octanol–water partition coefficient (Wildman–Crippen LogP) is 1.97. The Kier molecular flexibility index (Phi) is 7.17. The summed E-state index contributed by atoms with van der Waals surface area (Å²) in [5, 5.41) is 6.41. The number of amides is 2. The van der Waals surface area contributed by atoms with Gasteiger partial charge in [-0.05, 0) is 43.3 Å². The Morgan fingerprint density at radius 1 is 1.12 bits per heavy atom. The Balaban J connectivity index is 1.82. The highest BCUT2D eigenvalue weighted by Crippen LogP contribution is 2.15. The molecule has 0 heterocycles. The molecule has 2 aromatic carbocycles. The van der Waals surface area contributed by atoms with Crippen molar-refractivity contribution in [2.24, 2.45) is 5.10 Å². The fourth-order valence-corrected chi connectivity index (χ4v) is 2.09. The first-order valence-electron chi connectivity index (χ1n) is 8.10. The number of hydrazone groups is 1. The van der Waals surface area contributed by atoms with E-state index in [-0.39, 0.29) is 12.5 Å². The largest absolute Gasteiger partial charge is 0.497 e. The Hall–Kier alpha value is -3.35. The molecule has 0 bridgehead atoms. The van der Waals surface area contributed by atoms with Crippen LogP contribution in [0.5, 0.6) is 11.5 Å². The molecule has 7 nitrogen and oxygen atoms in total. The van der Waals surface area contributed by atoms with Crippen LogP contribution in [0.25, 0.3) is 0 Å². The Morgan fingerprint density at radius 3 is 2.54 bits per heavy atom. The molecular weight excluding hydrogens is 334 g/mol. The van der Waals surface area contributed by atoms with E-state index in [1.807, 2.05) is 31.2 Å². The van der Waals surface area contributed by atoms with Crippen molar-refractivity contribution in [3.8, 4) is 11.5 Å². The maximum Gasteiger partial charge on any atom is 0.259 e. The smallest absolute Gasteiger partial charge is 0.259 e. The number of nitrogens with one attached hydrogen (secondary N) is 2. The third kappa shape index (κ3) is 5.62. The van der Waals surface area contributed by atoms with Gasteiger partial charge in [-0.25, -0.2) is 5.43 Å². The molecule has 0 radical (unpaired) electrons. The Morgan fingerprint density at radius 2 is 1.85 bits per heavy atom. The number of carbonyl (C=O) groups is 2. The summed E-state index contributed by atoms with van der Waals surface area (Å²) in [6, 6.07) is 13.9. The number of carbonyl (C=O) groups excluding carboxylic acids is 2. The number of hydrogen-bond donors (Lipinski definition) is 2. The van der Waals surface area contributed by atoms with E-state index in [0.29, 0.717) is 23.7 Å². The van der Waals surface area contributed by atoms with Gasteiger partial charge < -0.3 is 14.8 Å². The zero-order chi connectivity index (χ0) is 18.8.